The molecule has 0 fully saturated rings. The third kappa shape index (κ3) is 3.41. The summed E-state index contributed by atoms with van der Waals surface area (Å²) in [7, 11) is -0.807. The van der Waals surface area contributed by atoms with Gasteiger partial charge in [0, 0.05) is 40.7 Å². The Morgan fingerprint density at radius 2 is 2.36 bits per heavy atom. The van der Waals surface area contributed by atoms with Crippen LogP contribution in [0, 0.1) is 6.92 Å². The van der Waals surface area contributed by atoms with Gasteiger partial charge in [0.25, 0.3) is 0 Å². The van der Waals surface area contributed by atoms with Crippen LogP contribution in [0.25, 0.3) is 0 Å². The maximum Gasteiger partial charge on any atom is 0.222 e. The van der Waals surface area contributed by atoms with E-state index < -0.39 is 10.8 Å². The van der Waals surface area contributed by atoms with Crippen molar-refractivity contribution in [3.63, 3.8) is 0 Å². The maximum absolute atomic E-state index is 11.1. The summed E-state index contributed by atoms with van der Waals surface area (Å²) in [6.45, 7) is 4.47. The molecular weight excluding hydrogens is 198 g/mol. The lowest BCUT2D eigenvalue weighted by Gasteiger charge is -2.09. The summed E-state index contributed by atoms with van der Waals surface area (Å²) in [5.74, 6) is 0.599. The van der Waals surface area contributed by atoms with Gasteiger partial charge in [-0.25, -0.2) is 9.97 Å². The molecule has 1 aromatic heterocycles. The molecule has 0 aliphatic carbocycles. The van der Waals surface area contributed by atoms with Crippen LogP contribution in [0.1, 0.15) is 12.6 Å². The van der Waals surface area contributed by atoms with Gasteiger partial charge >= 0.3 is 0 Å². The van der Waals surface area contributed by atoms with Crippen molar-refractivity contribution in [2.45, 2.75) is 19.1 Å². The number of hydrogen-bond acceptors (Lipinski definition) is 4. The quantitative estimate of drug-likeness (QED) is 0.809. The van der Waals surface area contributed by atoms with Crippen molar-refractivity contribution in [1.29, 1.82) is 0 Å². The van der Waals surface area contributed by atoms with Crippen LogP contribution in [-0.2, 0) is 10.8 Å². The first-order valence-corrected chi connectivity index (χ1v) is 6.07. The van der Waals surface area contributed by atoms with Crippen LogP contribution in [0.4, 0.5) is 5.95 Å². The Bertz CT molecular complexity index is 330. The predicted octanol–water partition coefficient (Wildman–Crippen LogP) is 0.964. The number of nitrogens with one attached hydrogen (secondary N) is 1. The smallest absolute Gasteiger partial charge is 0.222 e. The van der Waals surface area contributed by atoms with Gasteiger partial charge in [-0.2, -0.15) is 0 Å². The maximum atomic E-state index is 11.1. The molecule has 0 aromatic carbocycles. The lowest BCUT2D eigenvalue weighted by Crippen LogP contribution is -2.21. The number of rotatable bonds is 4. The zero-order valence-electron chi connectivity index (χ0n) is 8.65. The molecule has 1 aromatic rings. The predicted molar refractivity (Wildman–Crippen MR) is 58.8 cm³/mol. The Morgan fingerprint density at radius 3 is 2.93 bits per heavy atom. The summed E-state index contributed by atoms with van der Waals surface area (Å²) in [6.07, 6.45) is 3.40. The van der Waals surface area contributed by atoms with Gasteiger partial charge in [0.2, 0.25) is 5.95 Å². The van der Waals surface area contributed by atoms with E-state index in [1.165, 1.54) is 0 Å². The highest BCUT2D eigenvalue weighted by Gasteiger charge is 2.05. The summed E-state index contributed by atoms with van der Waals surface area (Å²) >= 11 is 0. The average Bonchev–Trinajstić information content (AvgIpc) is 2.14. The van der Waals surface area contributed by atoms with Crippen LogP contribution in [-0.4, -0.2) is 32.2 Å². The van der Waals surface area contributed by atoms with E-state index >= 15 is 0 Å². The summed E-state index contributed by atoms with van der Waals surface area (Å²) in [5, 5.41) is 3.16. The molecule has 1 rings (SSSR count). The molecule has 4 nitrogen and oxygen atoms in total. The first-order chi connectivity index (χ1) is 6.59. The minimum atomic E-state index is -0.807. The van der Waals surface area contributed by atoms with E-state index in [0.29, 0.717) is 12.5 Å². The molecule has 0 aliphatic rings. The minimum Gasteiger partial charge on any atom is -0.353 e. The van der Waals surface area contributed by atoms with E-state index in [1.54, 1.807) is 12.5 Å². The summed E-state index contributed by atoms with van der Waals surface area (Å²) in [6, 6.07) is 1.84. The van der Waals surface area contributed by atoms with Gasteiger partial charge in [0.1, 0.15) is 0 Å². The first-order valence-electron chi connectivity index (χ1n) is 4.45. The summed E-state index contributed by atoms with van der Waals surface area (Å²) in [5.41, 5.74) is 0.924. The summed E-state index contributed by atoms with van der Waals surface area (Å²) < 4.78 is 11.1. The van der Waals surface area contributed by atoms with Gasteiger partial charge in [0.15, 0.2) is 0 Å². The second kappa shape index (κ2) is 5.05. The third-order valence-electron chi connectivity index (χ3n) is 1.91. The Hall–Kier alpha value is -0.970. The summed E-state index contributed by atoms with van der Waals surface area (Å²) in [4.78, 5) is 8.23. The van der Waals surface area contributed by atoms with Crippen LogP contribution in [0.15, 0.2) is 12.3 Å². The Labute approximate surface area is 86.6 Å². The van der Waals surface area contributed by atoms with Crippen molar-refractivity contribution in [2.24, 2.45) is 0 Å². The minimum absolute atomic E-state index is 0.110. The van der Waals surface area contributed by atoms with E-state index in [-0.39, 0.29) is 5.25 Å². The zero-order chi connectivity index (χ0) is 10.6. The standard InChI is InChI=1S/C9H15N3OS/c1-7-4-5-10-9(12-7)11-6-8(2)14(3)13/h4-5,8H,6H2,1-3H3,(H,10,11,12). The zero-order valence-corrected chi connectivity index (χ0v) is 9.47. The van der Waals surface area contributed by atoms with Crippen LogP contribution in [0.3, 0.4) is 0 Å². The first kappa shape index (κ1) is 11.1. The molecule has 1 N–H and O–H groups in total. The molecule has 5 heteroatoms. The lowest BCUT2D eigenvalue weighted by atomic mass is 10.4. The van der Waals surface area contributed by atoms with Crippen LogP contribution in [0.5, 0.6) is 0 Å². The van der Waals surface area contributed by atoms with Crippen molar-refractivity contribution in [3.8, 4) is 0 Å². The van der Waals surface area contributed by atoms with Gasteiger partial charge in [-0.05, 0) is 19.9 Å². The van der Waals surface area contributed by atoms with Gasteiger partial charge in [-0.3, -0.25) is 4.21 Å². The largest absolute Gasteiger partial charge is 0.353 e. The molecule has 14 heavy (non-hydrogen) atoms. The molecule has 0 radical (unpaired) electrons. The van der Waals surface area contributed by atoms with E-state index in [0.717, 1.165) is 5.69 Å². The molecule has 0 saturated carbocycles. The highest BCUT2D eigenvalue weighted by molar-refractivity contribution is 7.84. The fraction of sp³-hybridized carbons (Fsp3) is 0.556. The van der Waals surface area contributed by atoms with E-state index in [2.05, 4.69) is 15.3 Å². The molecule has 1 heterocycles. The van der Waals surface area contributed by atoms with Crippen molar-refractivity contribution in [1.82, 2.24) is 9.97 Å². The molecule has 0 saturated heterocycles. The average molecular weight is 213 g/mol. The van der Waals surface area contributed by atoms with Crippen molar-refractivity contribution in [3.05, 3.63) is 18.0 Å². The molecule has 0 aliphatic heterocycles. The van der Waals surface area contributed by atoms with Crippen molar-refractivity contribution in [2.75, 3.05) is 18.1 Å². The second-order valence-electron chi connectivity index (χ2n) is 3.21. The number of nitrogens with zero attached hydrogens (tertiary/aromatic N) is 2. The number of aromatic nitrogens is 2. The van der Waals surface area contributed by atoms with Gasteiger partial charge in [0.05, 0.1) is 0 Å². The molecule has 78 valence electrons. The van der Waals surface area contributed by atoms with E-state index in [4.69, 9.17) is 0 Å². The fourth-order valence-corrected chi connectivity index (χ4v) is 1.20. The molecule has 2 atom stereocenters. The molecule has 2 unspecified atom stereocenters. The van der Waals surface area contributed by atoms with E-state index in [1.807, 2.05) is 19.9 Å². The van der Waals surface area contributed by atoms with Gasteiger partial charge in [-0.15, -0.1) is 0 Å². The number of hydrogen-bond donors (Lipinski definition) is 1. The molecular formula is C9H15N3OS. The van der Waals surface area contributed by atoms with Crippen LogP contribution < -0.4 is 5.32 Å². The fourth-order valence-electron chi connectivity index (χ4n) is 0.886. The Morgan fingerprint density at radius 1 is 1.64 bits per heavy atom. The second-order valence-corrected chi connectivity index (χ2v) is 5.01. The highest BCUT2D eigenvalue weighted by atomic mass is 32.2. The normalized spacial score (nSPS) is 14.8. The van der Waals surface area contributed by atoms with Crippen LogP contribution in [0.2, 0.25) is 0 Å². The van der Waals surface area contributed by atoms with Gasteiger partial charge < -0.3 is 5.32 Å². The van der Waals surface area contributed by atoms with Crippen molar-refractivity contribution >= 4 is 16.7 Å². The molecule has 0 bridgehead atoms. The third-order valence-corrected chi connectivity index (χ3v) is 3.21. The molecule has 0 spiro atoms. The highest BCUT2D eigenvalue weighted by Crippen LogP contribution is 2.00. The van der Waals surface area contributed by atoms with E-state index in [9.17, 15) is 4.21 Å². The molecule has 0 amide bonds. The number of anilines is 1. The number of aryl methyl sites for hydroxylation is 1. The van der Waals surface area contributed by atoms with Crippen molar-refractivity contribution < 1.29 is 4.21 Å². The Balaban J connectivity index is 2.49. The topological polar surface area (TPSA) is 54.9 Å². The lowest BCUT2D eigenvalue weighted by molar-refractivity contribution is 0.678. The van der Waals surface area contributed by atoms with Gasteiger partial charge in [-0.1, -0.05) is 0 Å². The SMILES string of the molecule is Cc1ccnc(NCC(C)S(C)=O)n1. The monoisotopic (exact) mass is 213 g/mol. The van der Waals surface area contributed by atoms with Crippen LogP contribution >= 0.6 is 0 Å². The Kier molecular flexibility index (Phi) is 4.00.